The lowest BCUT2D eigenvalue weighted by molar-refractivity contribution is 0.968. The highest BCUT2D eigenvalue weighted by molar-refractivity contribution is 6.80. The number of benzene rings is 5. The fourth-order valence-electron chi connectivity index (χ4n) is 8.52. The molecule has 0 N–H and O–H groups in total. The van der Waals surface area contributed by atoms with Gasteiger partial charge in [0.2, 0.25) is 0 Å². The van der Waals surface area contributed by atoms with Crippen LogP contribution in [0, 0.1) is 0 Å². The zero-order valence-electron chi connectivity index (χ0n) is 28.4. The molecule has 3 heterocycles. The Morgan fingerprint density at radius 2 is 1.29 bits per heavy atom. The molecule has 8 aromatic rings. The van der Waals surface area contributed by atoms with E-state index in [2.05, 4.69) is 179 Å². The molecule has 0 unspecified atom stereocenters. The third kappa shape index (κ3) is 4.93. The van der Waals surface area contributed by atoms with E-state index in [-0.39, 0.29) is 6.85 Å². The summed E-state index contributed by atoms with van der Waals surface area (Å²) in [6.07, 6.45) is 15.8. The van der Waals surface area contributed by atoms with Crippen LogP contribution < -0.4 is 5.46 Å². The second kappa shape index (κ2) is 12.3. The van der Waals surface area contributed by atoms with Crippen molar-refractivity contribution in [1.82, 2.24) is 14.0 Å². The first-order valence-electron chi connectivity index (χ1n) is 18.1. The average molecular weight is 654 g/mol. The number of fused-ring (bicyclic) bond motifs is 6. The normalized spacial score (nSPS) is 14.1. The molecular formula is C47H36BN3. The van der Waals surface area contributed by atoms with Crippen LogP contribution in [0.15, 0.2) is 175 Å². The van der Waals surface area contributed by atoms with Gasteiger partial charge in [0.05, 0.1) is 16.7 Å². The minimum Gasteiger partial charge on any atom is -0.376 e. The number of hydrogen-bond donors (Lipinski definition) is 0. The molecule has 3 nitrogen and oxygen atoms in total. The number of para-hydroxylation sites is 3. The summed E-state index contributed by atoms with van der Waals surface area (Å²) in [7, 11) is 0. The number of rotatable bonds is 6. The summed E-state index contributed by atoms with van der Waals surface area (Å²) in [6, 6.07) is 50.7. The fraction of sp³-hybridized carbons (Fsp3) is 0.0851. The summed E-state index contributed by atoms with van der Waals surface area (Å²) in [5.74, 6) is 0. The lowest BCUT2D eigenvalue weighted by Gasteiger charge is -2.25. The van der Waals surface area contributed by atoms with Gasteiger partial charge in [-0.2, -0.15) is 0 Å². The Bertz CT molecular complexity index is 2670. The SMILES string of the molecule is C1=CC(B(c2ccccc2)n2c3c(c4ccccc42)CCC=C3c2ccc(-c3ccc4c(c3)c3ccccc3n4-c3ccccc3)cn2)=CCC1. The quantitative estimate of drug-likeness (QED) is 0.164. The van der Waals surface area contributed by atoms with Gasteiger partial charge >= 0.3 is 6.85 Å². The standard InChI is InChI=1S/C47H36BN3/c1-4-15-35(16-5-1)48(36-17-6-2-7-18-36)51-46-26-13-11-21-38(46)40-23-14-24-41(47(40)51)43-29-27-34(32-49-43)33-28-30-45-42(31-33)39-22-10-12-25-44(39)50(45)37-19-8-3-9-20-37/h1,3-6,8-13,15-22,24-32H,2,7,14,23H2. The molecule has 0 spiro atoms. The van der Waals surface area contributed by atoms with E-state index in [1.54, 1.807) is 0 Å². The maximum atomic E-state index is 5.21. The van der Waals surface area contributed by atoms with Crippen LogP contribution in [-0.2, 0) is 6.42 Å². The molecule has 0 saturated heterocycles. The number of allylic oxidation sites excluding steroid dienone is 5. The largest absolute Gasteiger partial charge is 0.376 e. The molecule has 4 heteroatoms. The molecule has 0 aliphatic heterocycles. The van der Waals surface area contributed by atoms with E-state index < -0.39 is 0 Å². The van der Waals surface area contributed by atoms with Crippen LogP contribution >= 0.6 is 0 Å². The van der Waals surface area contributed by atoms with E-state index >= 15 is 0 Å². The van der Waals surface area contributed by atoms with Gasteiger partial charge in [-0.25, -0.2) is 0 Å². The molecule has 0 fully saturated rings. The van der Waals surface area contributed by atoms with Gasteiger partial charge < -0.3 is 9.05 Å². The lowest BCUT2D eigenvalue weighted by atomic mass is 9.48. The minimum atomic E-state index is 0.0712. The number of nitrogens with zero attached hydrogens (tertiary/aromatic N) is 3. The third-order valence-electron chi connectivity index (χ3n) is 10.8. The van der Waals surface area contributed by atoms with E-state index in [1.807, 2.05) is 0 Å². The average Bonchev–Trinajstić information content (AvgIpc) is 3.72. The summed E-state index contributed by atoms with van der Waals surface area (Å²) in [5, 5.41) is 3.85. The van der Waals surface area contributed by atoms with Crippen molar-refractivity contribution >= 4 is 50.6 Å². The molecule has 242 valence electrons. The predicted octanol–water partition coefficient (Wildman–Crippen LogP) is 10.7. The first-order chi connectivity index (χ1) is 25.3. The molecule has 51 heavy (non-hydrogen) atoms. The van der Waals surface area contributed by atoms with Gasteiger partial charge in [-0.15, -0.1) is 0 Å². The van der Waals surface area contributed by atoms with E-state index in [0.717, 1.165) is 36.9 Å². The van der Waals surface area contributed by atoms with E-state index in [4.69, 9.17) is 4.98 Å². The highest BCUT2D eigenvalue weighted by atomic mass is 15.0. The van der Waals surface area contributed by atoms with Crippen LogP contribution in [0.25, 0.3) is 55.1 Å². The Balaban J connectivity index is 1.09. The Kier molecular flexibility index (Phi) is 7.20. The maximum absolute atomic E-state index is 5.21. The molecule has 0 saturated carbocycles. The number of aryl methyl sites for hydroxylation is 1. The summed E-state index contributed by atoms with van der Waals surface area (Å²) in [6.45, 7) is 0.0712. The first-order valence-corrected chi connectivity index (χ1v) is 18.1. The lowest BCUT2D eigenvalue weighted by Crippen LogP contribution is -2.41. The number of pyridine rings is 1. The smallest absolute Gasteiger partial charge is 0.327 e. The molecule has 0 radical (unpaired) electrons. The summed E-state index contributed by atoms with van der Waals surface area (Å²) < 4.78 is 4.97. The highest BCUT2D eigenvalue weighted by Crippen LogP contribution is 2.40. The first kappa shape index (κ1) is 29.8. The van der Waals surface area contributed by atoms with Gasteiger partial charge in [0.15, 0.2) is 0 Å². The second-order valence-corrected chi connectivity index (χ2v) is 13.7. The van der Waals surface area contributed by atoms with Crippen LogP contribution in [0.1, 0.15) is 36.2 Å². The van der Waals surface area contributed by atoms with Crippen molar-refractivity contribution in [1.29, 1.82) is 0 Å². The van der Waals surface area contributed by atoms with Gasteiger partial charge in [-0.3, -0.25) is 4.98 Å². The van der Waals surface area contributed by atoms with E-state index in [0.29, 0.717) is 0 Å². The zero-order chi connectivity index (χ0) is 33.7. The molecule has 2 aliphatic rings. The molecule has 3 aromatic heterocycles. The maximum Gasteiger partial charge on any atom is 0.327 e. The minimum absolute atomic E-state index is 0.0712. The zero-order valence-corrected chi connectivity index (χ0v) is 28.4. The van der Waals surface area contributed by atoms with Crippen LogP contribution in [0.5, 0.6) is 0 Å². The Morgan fingerprint density at radius 3 is 2.08 bits per heavy atom. The van der Waals surface area contributed by atoms with Crippen molar-refractivity contribution in [2.24, 2.45) is 0 Å². The third-order valence-corrected chi connectivity index (χ3v) is 10.8. The van der Waals surface area contributed by atoms with Crippen molar-refractivity contribution in [3.63, 3.8) is 0 Å². The Labute approximate surface area is 298 Å². The van der Waals surface area contributed by atoms with Gasteiger partial charge in [-0.1, -0.05) is 132 Å². The van der Waals surface area contributed by atoms with E-state index in [9.17, 15) is 0 Å². The fourth-order valence-corrected chi connectivity index (χ4v) is 8.52. The van der Waals surface area contributed by atoms with Crippen LogP contribution in [-0.4, -0.2) is 20.9 Å². The van der Waals surface area contributed by atoms with Crippen molar-refractivity contribution in [3.8, 4) is 16.8 Å². The summed E-state index contributed by atoms with van der Waals surface area (Å²) >= 11 is 0. The molecule has 0 bridgehead atoms. The van der Waals surface area contributed by atoms with Gasteiger partial charge in [-0.05, 0) is 79.3 Å². The number of hydrogen-bond acceptors (Lipinski definition) is 1. The van der Waals surface area contributed by atoms with Gasteiger partial charge in [0.1, 0.15) is 0 Å². The Morgan fingerprint density at radius 1 is 0.569 bits per heavy atom. The second-order valence-electron chi connectivity index (χ2n) is 13.7. The monoisotopic (exact) mass is 653 g/mol. The molecular weight excluding hydrogens is 617 g/mol. The molecule has 0 atom stereocenters. The molecule has 2 aliphatic carbocycles. The van der Waals surface area contributed by atoms with Crippen molar-refractivity contribution in [2.75, 3.05) is 0 Å². The highest BCUT2D eigenvalue weighted by Gasteiger charge is 2.32. The van der Waals surface area contributed by atoms with Crippen LogP contribution in [0.3, 0.4) is 0 Å². The van der Waals surface area contributed by atoms with Crippen molar-refractivity contribution in [2.45, 2.75) is 25.7 Å². The topological polar surface area (TPSA) is 22.8 Å². The number of aromatic nitrogens is 3. The summed E-state index contributed by atoms with van der Waals surface area (Å²) in [5.41, 5.74) is 14.8. The van der Waals surface area contributed by atoms with Crippen LogP contribution in [0.2, 0.25) is 0 Å². The molecule has 5 aromatic carbocycles. The Hall–Kier alpha value is -6.13. The predicted molar refractivity (Wildman–Crippen MR) is 215 cm³/mol. The van der Waals surface area contributed by atoms with Crippen molar-refractivity contribution < 1.29 is 0 Å². The molecule has 10 rings (SSSR count). The summed E-state index contributed by atoms with van der Waals surface area (Å²) in [4.78, 5) is 5.21. The van der Waals surface area contributed by atoms with Crippen LogP contribution in [0.4, 0.5) is 0 Å². The molecule has 0 amide bonds. The van der Waals surface area contributed by atoms with E-state index in [1.165, 1.54) is 71.7 Å². The van der Waals surface area contributed by atoms with Gasteiger partial charge in [0, 0.05) is 50.4 Å². The van der Waals surface area contributed by atoms with Crippen molar-refractivity contribution in [3.05, 3.63) is 192 Å². The van der Waals surface area contributed by atoms with Gasteiger partial charge in [0.25, 0.3) is 0 Å².